The number of sulfone groups is 1. The summed E-state index contributed by atoms with van der Waals surface area (Å²) in [5, 5.41) is 2.01. The summed E-state index contributed by atoms with van der Waals surface area (Å²) in [5.41, 5.74) is -0.833. The molecule has 0 aliphatic rings. The fraction of sp³-hybridized carbons (Fsp3) is 0.0714. The second kappa shape index (κ2) is 6.02. The zero-order valence-electron chi connectivity index (χ0n) is 11.2. The maximum Gasteiger partial charge on any atom is 0.257 e. The highest BCUT2D eigenvalue weighted by molar-refractivity contribution is 7.90. The number of hydrogen-bond donors (Lipinski definition) is 1. The lowest BCUT2D eigenvalue weighted by molar-refractivity contribution is 0.102. The van der Waals surface area contributed by atoms with Crippen molar-refractivity contribution in [3.63, 3.8) is 0 Å². The highest BCUT2D eigenvalue weighted by Crippen LogP contribution is 2.24. The van der Waals surface area contributed by atoms with Crippen LogP contribution < -0.4 is 5.32 Å². The molecule has 8 heteroatoms. The van der Waals surface area contributed by atoms with Gasteiger partial charge >= 0.3 is 0 Å². The van der Waals surface area contributed by atoms with Crippen LogP contribution in [0.15, 0.2) is 41.3 Å². The van der Waals surface area contributed by atoms with Gasteiger partial charge in [-0.15, -0.1) is 0 Å². The molecule has 0 unspecified atom stereocenters. The van der Waals surface area contributed by atoms with Crippen LogP contribution in [-0.2, 0) is 9.84 Å². The average molecular weight is 346 g/mol. The van der Waals surface area contributed by atoms with Crippen LogP contribution in [-0.4, -0.2) is 20.6 Å². The summed E-state index contributed by atoms with van der Waals surface area (Å²) < 4.78 is 50.0. The Bertz CT molecular complexity index is 833. The second-order valence-electron chi connectivity index (χ2n) is 4.46. The van der Waals surface area contributed by atoms with E-state index in [0.29, 0.717) is 0 Å². The predicted octanol–water partition coefficient (Wildman–Crippen LogP) is 3.27. The van der Waals surface area contributed by atoms with E-state index in [2.05, 4.69) is 0 Å². The van der Waals surface area contributed by atoms with Crippen molar-refractivity contribution in [1.82, 2.24) is 0 Å². The number of nitrogens with one attached hydrogen (secondary N) is 1. The Labute approximate surface area is 130 Å². The van der Waals surface area contributed by atoms with Crippen molar-refractivity contribution in [2.45, 2.75) is 4.90 Å². The number of anilines is 1. The maximum atomic E-state index is 13.5. The van der Waals surface area contributed by atoms with Crippen molar-refractivity contribution in [3.8, 4) is 0 Å². The van der Waals surface area contributed by atoms with Gasteiger partial charge in [0.2, 0.25) is 0 Å². The molecule has 0 aliphatic heterocycles. The van der Waals surface area contributed by atoms with Gasteiger partial charge in [0, 0.05) is 6.26 Å². The smallest absolute Gasteiger partial charge is 0.257 e. The molecule has 1 N–H and O–H groups in total. The Morgan fingerprint density at radius 3 is 2.27 bits per heavy atom. The van der Waals surface area contributed by atoms with Crippen LogP contribution in [0.2, 0.25) is 5.02 Å². The van der Waals surface area contributed by atoms with Crippen LogP contribution in [0.1, 0.15) is 10.4 Å². The van der Waals surface area contributed by atoms with Crippen molar-refractivity contribution in [3.05, 3.63) is 58.6 Å². The molecule has 0 atom stereocenters. The van der Waals surface area contributed by atoms with E-state index >= 15 is 0 Å². The summed E-state index contributed by atoms with van der Waals surface area (Å²) in [7, 11) is -3.55. The third-order valence-electron chi connectivity index (χ3n) is 2.81. The molecule has 2 aromatic carbocycles. The Morgan fingerprint density at radius 2 is 1.73 bits per heavy atom. The molecule has 0 aliphatic carbocycles. The van der Waals surface area contributed by atoms with Crippen LogP contribution in [0.5, 0.6) is 0 Å². The number of rotatable bonds is 3. The molecular weight excluding hydrogens is 336 g/mol. The van der Waals surface area contributed by atoms with E-state index in [1.54, 1.807) is 0 Å². The molecular formula is C14H10ClF2NO3S. The highest BCUT2D eigenvalue weighted by Gasteiger charge is 2.18. The highest BCUT2D eigenvalue weighted by atomic mass is 35.5. The first kappa shape index (κ1) is 16.4. The zero-order chi connectivity index (χ0) is 16.5. The first-order valence-corrected chi connectivity index (χ1v) is 8.22. The largest absolute Gasteiger partial charge is 0.317 e. The topological polar surface area (TPSA) is 63.2 Å². The van der Waals surface area contributed by atoms with Gasteiger partial charge in [0.25, 0.3) is 5.91 Å². The molecule has 0 spiro atoms. The minimum atomic E-state index is -3.55. The lowest BCUT2D eigenvalue weighted by atomic mass is 10.2. The summed E-state index contributed by atoms with van der Waals surface area (Å²) in [6.45, 7) is 0. The summed E-state index contributed by atoms with van der Waals surface area (Å²) >= 11 is 5.84. The van der Waals surface area contributed by atoms with Crippen molar-refractivity contribution in [1.29, 1.82) is 0 Å². The van der Waals surface area contributed by atoms with Gasteiger partial charge in [-0.1, -0.05) is 17.7 Å². The molecule has 0 saturated carbocycles. The molecule has 1 amide bonds. The molecule has 116 valence electrons. The van der Waals surface area contributed by atoms with Gasteiger partial charge in [-0.2, -0.15) is 0 Å². The van der Waals surface area contributed by atoms with Crippen LogP contribution in [0.4, 0.5) is 14.5 Å². The first-order chi connectivity index (χ1) is 10.2. The standard InChI is InChI=1S/C14H10ClF2NO3S/c1-22(20,21)8-5-6-10(15)9(7-8)14(19)18-13-11(16)3-2-4-12(13)17/h2-7H,1H3,(H,18,19). The quantitative estimate of drug-likeness (QED) is 0.928. The van der Waals surface area contributed by atoms with Crippen molar-refractivity contribution < 1.29 is 22.0 Å². The molecule has 22 heavy (non-hydrogen) atoms. The normalized spacial score (nSPS) is 11.3. The van der Waals surface area contributed by atoms with E-state index < -0.39 is 33.1 Å². The van der Waals surface area contributed by atoms with Crippen molar-refractivity contribution >= 4 is 33.0 Å². The van der Waals surface area contributed by atoms with E-state index in [4.69, 9.17) is 11.6 Å². The molecule has 0 aromatic heterocycles. The lowest BCUT2D eigenvalue weighted by Gasteiger charge is -2.09. The molecule has 0 bridgehead atoms. The summed E-state index contributed by atoms with van der Waals surface area (Å²) in [4.78, 5) is 12.0. The number of carbonyl (C=O) groups excluding carboxylic acids is 1. The fourth-order valence-electron chi connectivity index (χ4n) is 1.71. The van der Waals surface area contributed by atoms with E-state index in [-0.39, 0.29) is 15.5 Å². The van der Waals surface area contributed by atoms with Gasteiger partial charge < -0.3 is 5.32 Å². The van der Waals surface area contributed by atoms with Crippen LogP contribution >= 0.6 is 11.6 Å². The minimum Gasteiger partial charge on any atom is -0.317 e. The van der Waals surface area contributed by atoms with Gasteiger partial charge in [0.1, 0.15) is 17.3 Å². The van der Waals surface area contributed by atoms with Crippen LogP contribution in [0.3, 0.4) is 0 Å². The molecule has 2 rings (SSSR count). The zero-order valence-corrected chi connectivity index (χ0v) is 12.8. The molecule has 4 nitrogen and oxygen atoms in total. The van der Waals surface area contributed by atoms with Gasteiger partial charge in [-0.3, -0.25) is 4.79 Å². The Balaban J connectivity index is 2.42. The van der Waals surface area contributed by atoms with Crippen molar-refractivity contribution in [2.24, 2.45) is 0 Å². The van der Waals surface area contributed by atoms with Crippen LogP contribution in [0, 0.1) is 11.6 Å². The molecule has 0 fully saturated rings. The molecule has 0 heterocycles. The number of para-hydroxylation sites is 1. The maximum absolute atomic E-state index is 13.5. The fourth-order valence-corrected chi connectivity index (χ4v) is 2.56. The van der Waals surface area contributed by atoms with Gasteiger partial charge in [0.15, 0.2) is 9.84 Å². The second-order valence-corrected chi connectivity index (χ2v) is 6.89. The molecule has 0 radical (unpaired) electrons. The van der Waals surface area contributed by atoms with E-state index in [1.165, 1.54) is 12.1 Å². The van der Waals surface area contributed by atoms with Crippen molar-refractivity contribution in [2.75, 3.05) is 11.6 Å². The predicted molar refractivity (Wildman–Crippen MR) is 78.9 cm³/mol. The Morgan fingerprint density at radius 1 is 1.14 bits per heavy atom. The SMILES string of the molecule is CS(=O)(=O)c1ccc(Cl)c(C(=O)Nc2c(F)cccc2F)c1. The van der Waals surface area contributed by atoms with Gasteiger partial charge in [-0.25, -0.2) is 17.2 Å². The molecule has 2 aromatic rings. The third-order valence-corrected chi connectivity index (χ3v) is 4.25. The summed E-state index contributed by atoms with van der Waals surface area (Å²) in [6.07, 6.45) is 0.967. The average Bonchev–Trinajstić information content (AvgIpc) is 2.42. The van der Waals surface area contributed by atoms with E-state index in [9.17, 15) is 22.0 Å². The lowest BCUT2D eigenvalue weighted by Crippen LogP contribution is -2.15. The monoisotopic (exact) mass is 345 g/mol. The number of halogens is 3. The number of amides is 1. The first-order valence-electron chi connectivity index (χ1n) is 5.95. The molecule has 0 saturated heterocycles. The van der Waals surface area contributed by atoms with Gasteiger partial charge in [0.05, 0.1) is 15.5 Å². The number of benzene rings is 2. The van der Waals surface area contributed by atoms with E-state index in [1.807, 2.05) is 5.32 Å². The van der Waals surface area contributed by atoms with Gasteiger partial charge in [-0.05, 0) is 30.3 Å². The van der Waals surface area contributed by atoms with Crippen LogP contribution in [0.25, 0.3) is 0 Å². The number of hydrogen-bond acceptors (Lipinski definition) is 3. The Hall–Kier alpha value is -1.99. The van der Waals surface area contributed by atoms with E-state index in [0.717, 1.165) is 30.5 Å². The summed E-state index contributed by atoms with van der Waals surface area (Å²) in [6, 6.07) is 6.62. The minimum absolute atomic E-state index is 0.0401. The summed E-state index contributed by atoms with van der Waals surface area (Å²) in [5.74, 6) is -2.83. The number of carbonyl (C=O) groups is 1. The third kappa shape index (κ3) is 3.42. The Kier molecular flexibility index (Phi) is 4.48.